The van der Waals surface area contributed by atoms with Crippen LogP contribution in [0.5, 0.6) is 5.75 Å². The molecular formula is C16H21F3N2O3. The summed E-state index contributed by atoms with van der Waals surface area (Å²) < 4.78 is 45.9. The SMILES string of the molecule is CC(C)(C)OC(=O)N1CCNC[C@H]1c1ccc(OC(F)(F)F)cc1. The van der Waals surface area contributed by atoms with Crippen LogP contribution in [0.15, 0.2) is 24.3 Å². The molecule has 1 heterocycles. The maximum absolute atomic E-state index is 12.4. The molecular weight excluding hydrogens is 325 g/mol. The molecule has 1 aliphatic heterocycles. The molecule has 24 heavy (non-hydrogen) atoms. The van der Waals surface area contributed by atoms with Crippen molar-refractivity contribution in [2.75, 3.05) is 19.6 Å². The first-order chi connectivity index (χ1) is 11.1. The average Bonchev–Trinajstić information content (AvgIpc) is 2.44. The summed E-state index contributed by atoms with van der Waals surface area (Å²) in [4.78, 5) is 13.9. The molecule has 8 heteroatoms. The molecule has 1 aliphatic rings. The van der Waals surface area contributed by atoms with E-state index >= 15 is 0 Å². The molecule has 0 spiro atoms. The van der Waals surface area contributed by atoms with Crippen LogP contribution in [0.4, 0.5) is 18.0 Å². The molecule has 1 fully saturated rings. The Morgan fingerprint density at radius 2 is 1.83 bits per heavy atom. The van der Waals surface area contributed by atoms with Crippen molar-refractivity contribution in [1.82, 2.24) is 10.2 Å². The Hall–Kier alpha value is -1.96. The minimum absolute atomic E-state index is 0.293. The van der Waals surface area contributed by atoms with Crippen LogP contribution in [-0.2, 0) is 4.74 Å². The number of amides is 1. The number of halogens is 3. The van der Waals surface area contributed by atoms with Gasteiger partial charge in [0.1, 0.15) is 11.4 Å². The Morgan fingerprint density at radius 3 is 2.38 bits per heavy atom. The van der Waals surface area contributed by atoms with Crippen LogP contribution in [-0.4, -0.2) is 42.6 Å². The van der Waals surface area contributed by atoms with Crippen LogP contribution < -0.4 is 10.1 Å². The van der Waals surface area contributed by atoms with Gasteiger partial charge in [0.25, 0.3) is 0 Å². The van der Waals surface area contributed by atoms with Gasteiger partial charge in [-0.3, -0.25) is 4.90 Å². The first-order valence-corrected chi connectivity index (χ1v) is 7.61. The van der Waals surface area contributed by atoms with Crippen molar-refractivity contribution in [2.24, 2.45) is 0 Å². The molecule has 1 amide bonds. The van der Waals surface area contributed by atoms with Crippen molar-refractivity contribution in [3.63, 3.8) is 0 Å². The summed E-state index contributed by atoms with van der Waals surface area (Å²) in [5.41, 5.74) is 0.0966. The molecule has 134 valence electrons. The molecule has 1 atom stereocenters. The zero-order valence-corrected chi connectivity index (χ0v) is 13.8. The Morgan fingerprint density at radius 1 is 1.21 bits per heavy atom. The Balaban J connectivity index is 2.14. The minimum atomic E-state index is -4.73. The third kappa shape index (κ3) is 5.30. The number of carbonyl (C=O) groups is 1. The lowest BCUT2D eigenvalue weighted by Gasteiger charge is -2.37. The second kappa shape index (κ2) is 6.88. The highest BCUT2D eigenvalue weighted by molar-refractivity contribution is 5.69. The largest absolute Gasteiger partial charge is 0.573 e. The Labute approximate surface area is 138 Å². The number of alkyl halides is 3. The minimum Gasteiger partial charge on any atom is -0.444 e. The van der Waals surface area contributed by atoms with E-state index in [9.17, 15) is 18.0 Å². The number of nitrogens with one attached hydrogen (secondary N) is 1. The zero-order valence-electron chi connectivity index (χ0n) is 13.8. The van der Waals surface area contributed by atoms with E-state index in [1.807, 2.05) is 0 Å². The van der Waals surface area contributed by atoms with Gasteiger partial charge in [0.2, 0.25) is 0 Å². The fourth-order valence-corrected chi connectivity index (χ4v) is 2.43. The monoisotopic (exact) mass is 346 g/mol. The molecule has 0 unspecified atom stereocenters. The van der Waals surface area contributed by atoms with Gasteiger partial charge in [0, 0.05) is 19.6 Å². The summed E-state index contributed by atoms with van der Waals surface area (Å²) in [6, 6.07) is 5.22. The number of hydrogen-bond acceptors (Lipinski definition) is 4. The predicted molar refractivity (Wildman–Crippen MR) is 81.7 cm³/mol. The Bertz CT molecular complexity index is 567. The van der Waals surface area contributed by atoms with Crippen molar-refractivity contribution in [3.05, 3.63) is 29.8 Å². The fourth-order valence-electron chi connectivity index (χ4n) is 2.43. The van der Waals surface area contributed by atoms with Gasteiger partial charge < -0.3 is 14.8 Å². The second-order valence-electron chi connectivity index (χ2n) is 6.51. The second-order valence-corrected chi connectivity index (χ2v) is 6.51. The Kier molecular flexibility index (Phi) is 5.27. The summed E-state index contributed by atoms with van der Waals surface area (Å²) in [6.07, 6.45) is -5.17. The van der Waals surface area contributed by atoms with Crippen molar-refractivity contribution in [3.8, 4) is 5.75 Å². The maximum atomic E-state index is 12.4. The van der Waals surface area contributed by atoms with Crippen LogP contribution in [0.3, 0.4) is 0 Å². The normalized spacial score (nSPS) is 19.1. The van der Waals surface area contributed by atoms with Crippen LogP contribution in [0, 0.1) is 0 Å². The highest BCUT2D eigenvalue weighted by Crippen LogP contribution is 2.28. The summed E-state index contributed by atoms with van der Waals surface area (Å²) in [5, 5.41) is 3.17. The fraction of sp³-hybridized carbons (Fsp3) is 0.562. The lowest BCUT2D eigenvalue weighted by atomic mass is 10.0. The van der Waals surface area contributed by atoms with Crippen molar-refractivity contribution < 1.29 is 27.4 Å². The quantitative estimate of drug-likeness (QED) is 0.891. The molecule has 0 saturated carbocycles. The molecule has 0 radical (unpaired) electrons. The molecule has 1 saturated heterocycles. The number of ether oxygens (including phenoxy) is 2. The van der Waals surface area contributed by atoms with E-state index in [2.05, 4.69) is 10.1 Å². The average molecular weight is 346 g/mol. The smallest absolute Gasteiger partial charge is 0.444 e. The van der Waals surface area contributed by atoms with E-state index < -0.39 is 18.1 Å². The molecule has 1 N–H and O–H groups in total. The van der Waals surface area contributed by atoms with Gasteiger partial charge in [-0.25, -0.2) is 4.79 Å². The van der Waals surface area contributed by atoms with Gasteiger partial charge in [0.15, 0.2) is 0 Å². The van der Waals surface area contributed by atoms with Crippen LogP contribution in [0.25, 0.3) is 0 Å². The number of piperazine rings is 1. The predicted octanol–water partition coefficient (Wildman–Crippen LogP) is 3.47. The molecule has 0 bridgehead atoms. The van der Waals surface area contributed by atoms with E-state index in [0.29, 0.717) is 25.2 Å². The first-order valence-electron chi connectivity index (χ1n) is 7.61. The summed E-state index contributed by atoms with van der Waals surface area (Å²) >= 11 is 0. The zero-order chi connectivity index (χ0) is 18.0. The number of carbonyl (C=O) groups excluding carboxylic acids is 1. The van der Waals surface area contributed by atoms with Gasteiger partial charge in [-0.1, -0.05) is 12.1 Å². The summed E-state index contributed by atoms with van der Waals surface area (Å²) in [6.45, 7) is 6.94. The number of nitrogens with zero attached hydrogens (tertiary/aromatic N) is 1. The highest BCUT2D eigenvalue weighted by Gasteiger charge is 2.33. The van der Waals surface area contributed by atoms with Gasteiger partial charge in [-0.05, 0) is 38.5 Å². The molecule has 2 rings (SSSR count). The van der Waals surface area contributed by atoms with Crippen molar-refractivity contribution in [2.45, 2.75) is 38.8 Å². The highest BCUT2D eigenvalue weighted by atomic mass is 19.4. The van der Waals surface area contributed by atoms with E-state index in [0.717, 1.165) is 0 Å². The van der Waals surface area contributed by atoms with E-state index in [1.54, 1.807) is 25.7 Å². The first kappa shape index (κ1) is 18.4. The van der Waals surface area contributed by atoms with E-state index in [1.165, 1.54) is 24.3 Å². The third-order valence-electron chi connectivity index (χ3n) is 3.37. The van der Waals surface area contributed by atoms with Crippen molar-refractivity contribution in [1.29, 1.82) is 0 Å². The van der Waals surface area contributed by atoms with E-state index in [-0.39, 0.29) is 11.8 Å². The third-order valence-corrected chi connectivity index (χ3v) is 3.37. The molecule has 0 aliphatic carbocycles. The van der Waals surface area contributed by atoms with Gasteiger partial charge >= 0.3 is 12.5 Å². The molecule has 0 aromatic heterocycles. The van der Waals surface area contributed by atoms with Crippen molar-refractivity contribution >= 4 is 6.09 Å². The lowest BCUT2D eigenvalue weighted by Crippen LogP contribution is -2.50. The van der Waals surface area contributed by atoms with Gasteiger partial charge in [0.05, 0.1) is 6.04 Å². The summed E-state index contributed by atoms with van der Waals surface area (Å²) in [7, 11) is 0. The lowest BCUT2D eigenvalue weighted by molar-refractivity contribution is -0.274. The van der Waals surface area contributed by atoms with Crippen LogP contribution in [0.1, 0.15) is 32.4 Å². The molecule has 5 nitrogen and oxygen atoms in total. The van der Waals surface area contributed by atoms with E-state index in [4.69, 9.17) is 4.74 Å². The topological polar surface area (TPSA) is 50.8 Å². The maximum Gasteiger partial charge on any atom is 0.573 e. The summed E-state index contributed by atoms with van der Waals surface area (Å²) in [5.74, 6) is -0.293. The van der Waals surface area contributed by atoms with Crippen LogP contribution >= 0.6 is 0 Å². The number of hydrogen-bond donors (Lipinski definition) is 1. The standard InChI is InChI=1S/C16H21F3N2O3/c1-15(2,3)24-14(22)21-9-8-20-10-13(21)11-4-6-12(7-5-11)23-16(17,18)19/h4-7,13,20H,8-10H2,1-3H3/t13-/m0/s1. The molecule has 1 aromatic carbocycles. The molecule has 1 aromatic rings. The van der Waals surface area contributed by atoms with Crippen LogP contribution in [0.2, 0.25) is 0 Å². The van der Waals surface area contributed by atoms with Gasteiger partial charge in [-0.15, -0.1) is 13.2 Å². The van der Waals surface area contributed by atoms with Gasteiger partial charge in [-0.2, -0.15) is 0 Å². The number of benzene rings is 1. The number of rotatable bonds is 2.